The lowest BCUT2D eigenvalue weighted by Crippen LogP contribution is -2.52. The second kappa shape index (κ2) is 9.03. The number of rotatable bonds is 6. The van der Waals surface area contributed by atoms with Gasteiger partial charge in [0.15, 0.2) is 5.54 Å². The summed E-state index contributed by atoms with van der Waals surface area (Å²) in [4.78, 5) is 24.6. The Kier molecular flexibility index (Phi) is 6.16. The average molecular weight is 464 g/mol. The third-order valence-corrected chi connectivity index (χ3v) is 6.03. The lowest BCUT2D eigenvalue weighted by Gasteiger charge is -2.35. The summed E-state index contributed by atoms with van der Waals surface area (Å²) in [6, 6.07) is 21.2. The van der Waals surface area contributed by atoms with E-state index in [4.69, 9.17) is 21.4 Å². The Morgan fingerprint density at radius 3 is 2.42 bits per heavy atom. The first-order chi connectivity index (χ1) is 15.8. The number of carbonyl (C=O) groups is 1. The SMILES string of the molecule is COC(=O)C1(Cc2ccccc2[N+](=O)[O-])CC(c2ccc(C)cc2)=NN1c1ccc(Cl)cc1. The summed E-state index contributed by atoms with van der Waals surface area (Å²) in [5.74, 6) is -0.526. The Bertz CT molecular complexity index is 1230. The number of nitro benzene ring substituents is 1. The van der Waals surface area contributed by atoms with Gasteiger partial charge in [0.25, 0.3) is 5.69 Å². The monoisotopic (exact) mass is 463 g/mol. The van der Waals surface area contributed by atoms with Crippen LogP contribution in [-0.2, 0) is 16.0 Å². The Balaban J connectivity index is 1.87. The molecule has 1 heterocycles. The van der Waals surface area contributed by atoms with E-state index in [0.717, 1.165) is 11.1 Å². The molecule has 1 unspecified atom stereocenters. The first-order valence-corrected chi connectivity index (χ1v) is 10.7. The van der Waals surface area contributed by atoms with E-state index in [1.165, 1.54) is 13.2 Å². The number of carbonyl (C=O) groups excluding carboxylic acids is 1. The van der Waals surface area contributed by atoms with Gasteiger partial charge in [-0.3, -0.25) is 10.1 Å². The minimum atomic E-state index is -1.31. The molecule has 1 aliphatic heterocycles. The lowest BCUT2D eigenvalue weighted by atomic mass is 9.84. The van der Waals surface area contributed by atoms with Crippen molar-refractivity contribution in [1.29, 1.82) is 0 Å². The van der Waals surface area contributed by atoms with Gasteiger partial charge < -0.3 is 4.74 Å². The van der Waals surface area contributed by atoms with Gasteiger partial charge in [-0.15, -0.1) is 0 Å². The first-order valence-electron chi connectivity index (χ1n) is 10.3. The van der Waals surface area contributed by atoms with Gasteiger partial charge in [-0.05, 0) is 36.8 Å². The van der Waals surface area contributed by atoms with E-state index >= 15 is 0 Å². The number of anilines is 1. The minimum absolute atomic E-state index is 0.0400. The molecule has 0 saturated carbocycles. The predicted molar refractivity (Wildman–Crippen MR) is 128 cm³/mol. The zero-order chi connectivity index (χ0) is 23.6. The number of halogens is 1. The second-order valence-electron chi connectivity index (χ2n) is 7.96. The molecule has 0 aliphatic carbocycles. The fourth-order valence-electron chi connectivity index (χ4n) is 4.11. The van der Waals surface area contributed by atoms with E-state index in [-0.39, 0.29) is 18.5 Å². The third kappa shape index (κ3) is 4.32. The van der Waals surface area contributed by atoms with Crippen LogP contribution in [0.5, 0.6) is 0 Å². The van der Waals surface area contributed by atoms with Crippen LogP contribution in [0.15, 0.2) is 77.9 Å². The number of benzene rings is 3. The molecular formula is C25H22ClN3O4. The molecule has 3 aromatic carbocycles. The van der Waals surface area contributed by atoms with Crippen LogP contribution in [-0.4, -0.2) is 29.3 Å². The second-order valence-corrected chi connectivity index (χ2v) is 8.40. The highest BCUT2D eigenvalue weighted by atomic mass is 35.5. The highest BCUT2D eigenvalue weighted by Crippen LogP contribution is 2.40. The quantitative estimate of drug-likeness (QED) is 0.280. The molecule has 1 atom stereocenters. The van der Waals surface area contributed by atoms with Gasteiger partial charge in [0, 0.05) is 29.5 Å². The Hall–Kier alpha value is -3.71. The summed E-state index contributed by atoms with van der Waals surface area (Å²) in [6.45, 7) is 1.99. The highest BCUT2D eigenvalue weighted by Gasteiger charge is 2.52. The number of hydrogen-bond acceptors (Lipinski definition) is 6. The number of nitrogens with zero attached hydrogens (tertiary/aromatic N) is 3. The summed E-state index contributed by atoms with van der Waals surface area (Å²) in [6.07, 6.45) is 0.260. The molecule has 0 fully saturated rings. The Labute approximate surface area is 196 Å². The van der Waals surface area contributed by atoms with Crippen LogP contribution >= 0.6 is 11.6 Å². The number of ether oxygens (including phenoxy) is 1. The minimum Gasteiger partial charge on any atom is -0.467 e. The van der Waals surface area contributed by atoms with Crippen LogP contribution < -0.4 is 5.01 Å². The van der Waals surface area contributed by atoms with E-state index < -0.39 is 16.4 Å². The largest absolute Gasteiger partial charge is 0.467 e. The molecule has 0 N–H and O–H groups in total. The van der Waals surface area contributed by atoms with Gasteiger partial charge in [0.1, 0.15) is 0 Å². The van der Waals surface area contributed by atoms with Gasteiger partial charge in [0.05, 0.1) is 23.4 Å². The third-order valence-electron chi connectivity index (χ3n) is 5.78. The molecule has 8 heteroatoms. The van der Waals surface area contributed by atoms with Crippen molar-refractivity contribution in [3.05, 3.63) is 105 Å². The molecule has 0 saturated heterocycles. The van der Waals surface area contributed by atoms with Crippen molar-refractivity contribution in [2.24, 2.45) is 5.10 Å². The standard InChI is InChI=1S/C25H22ClN3O4/c1-17-7-9-18(10-8-17)22-16-25(24(30)33-2,15-19-5-3-4-6-23(19)29(31)32)28(27-22)21-13-11-20(26)12-14-21/h3-14H,15-16H2,1-2H3. The van der Waals surface area contributed by atoms with Crippen LogP contribution in [0.4, 0.5) is 11.4 Å². The lowest BCUT2D eigenvalue weighted by molar-refractivity contribution is -0.385. The molecule has 0 amide bonds. The normalized spacial score (nSPS) is 17.5. The smallest absolute Gasteiger partial charge is 0.334 e. The molecule has 0 radical (unpaired) electrons. The van der Waals surface area contributed by atoms with E-state index in [1.807, 2.05) is 31.2 Å². The van der Waals surface area contributed by atoms with Gasteiger partial charge in [-0.25, -0.2) is 9.80 Å². The van der Waals surface area contributed by atoms with Crippen molar-refractivity contribution >= 4 is 34.7 Å². The van der Waals surface area contributed by atoms with E-state index in [1.54, 1.807) is 47.5 Å². The molecule has 3 aromatic rings. The fraction of sp³-hybridized carbons (Fsp3) is 0.200. The van der Waals surface area contributed by atoms with Gasteiger partial charge in [-0.1, -0.05) is 59.6 Å². The van der Waals surface area contributed by atoms with Crippen molar-refractivity contribution in [2.75, 3.05) is 12.1 Å². The predicted octanol–water partition coefficient (Wildman–Crippen LogP) is 5.33. The van der Waals surface area contributed by atoms with Crippen molar-refractivity contribution in [3.8, 4) is 0 Å². The van der Waals surface area contributed by atoms with Crippen molar-refractivity contribution in [3.63, 3.8) is 0 Å². The maximum absolute atomic E-state index is 13.4. The molecule has 0 bridgehead atoms. The number of hydrazone groups is 1. The molecule has 168 valence electrons. The number of hydrogen-bond donors (Lipinski definition) is 0. The number of aryl methyl sites for hydroxylation is 1. The summed E-state index contributed by atoms with van der Waals surface area (Å²) >= 11 is 6.08. The number of esters is 1. The van der Waals surface area contributed by atoms with Crippen LogP contribution in [0, 0.1) is 17.0 Å². The van der Waals surface area contributed by atoms with Crippen LogP contribution in [0.3, 0.4) is 0 Å². The summed E-state index contributed by atoms with van der Waals surface area (Å²) in [5, 5.41) is 18.7. The Morgan fingerprint density at radius 2 is 1.79 bits per heavy atom. The maximum Gasteiger partial charge on any atom is 0.334 e. The maximum atomic E-state index is 13.4. The summed E-state index contributed by atoms with van der Waals surface area (Å²) in [5.41, 5.74) is 2.35. The summed E-state index contributed by atoms with van der Waals surface area (Å²) < 4.78 is 5.24. The van der Waals surface area contributed by atoms with E-state index in [0.29, 0.717) is 22.0 Å². The van der Waals surface area contributed by atoms with Gasteiger partial charge in [0.2, 0.25) is 0 Å². The molecule has 1 aliphatic rings. The van der Waals surface area contributed by atoms with E-state index in [9.17, 15) is 14.9 Å². The van der Waals surface area contributed by atoms with E-state index in [2.05, 4.69) is 0 Å². The van der Waals surface area contributed by atoms with Crippen molar-refractivity contribution in [1.82, 2.24) is 0 Å². The molecular weight excluding hydrogens is 442 g/mol. The zero-order valence-corrected chi connectivity index (χ0v) is 19.0. The Morgan fingerprint density at radius 1 is 1.12 bits per heavy atom. The first kappa shape index (κ1) is 22.5. The topological polar surface area (TPSA) is 85.0 Å². The number of para-hydroxylation sites is 1. The molecule has 4 rings (SSSR count). The number of nitro groups is 1. The van der Waals surface area contributed by atoms with Crippen LogP contribution in [0.1, 0.15) is 23.1 Å². The fourth-order valence-corrected chi connectivity index (χ4v) is 4.23. The molecule has 7 nitrogen and oxygen atoms in total. The van der Waals surface area contributed by atoms with Crippen molar-refractivity contribution < 1.29 is 14.5 Å². The van der Waals surface area contributed by atoms with Crippen molar-refractivity contribution in [2.45, 2.75) is 25.3 Å². The highest BCUT2D eigenvalue weighted by molar-refractivity contribution is 6.30. The summed E-state index contributed by atoms with van der Waals surface area (Å²) in [7, 11) is 1.31. The average Bonchev–Trinajstić information content (AvgIpc) is 3.20. The number of methoxy groups -OCH3 is 1. The molecule has 0 spiro atoms. The van der Waals surface area contributed by atoms with Gasteiger partial charge >= 0.3 is 5.97 Å². The molecule has 0 aromatic heterocycles. The molecule has 33 heavy (non-hydrogen) atoms. The zero-order valence-electron chi connectivity index (χ0n) is 18.2. The van der Waals surface area contributed by atoms with Crippen LogP contribution in [0.2, 0.25) is 5.02 Å². The van der Waals surface area contributed by atoms with Gasteiger partial charge in [-0.2, -0.15) is 5.10 Å². The van der Waals surface area contributed by atoms with Crippen LogP contribution in [0.25, 0.3) is 0 Å².